The van der Waals surface area contributed by atoms with Crippen LogP contribution in [0.1, 0.15) is 57.2 Å². The van der Waals surface area contributed by atoms with E-state index in [0.717, 1.165) is 42.8 Å². The van der Waals surface area contributed by atoms with Crippen molar-refractivity contribution < 1.29 is 15.1 Å². The molecule has 5 nitrogen and oxygen atoms in total. The zero-order valence-corrected chi connectivity index (χ0v) is 14.1. The Morgan fingerprint density at radius 3 is 2.61 bits per heavy atom. The molecule has 1 aromatic rings. The van der Waals surface area contributed by atoms with E-state index < -0.39 is 11.7 Å². The Labute approximate surface area is 137 Å². The van der Waals surface area contributed by atoms with Crippen molar-refractivity contribution in [1.29, 1.82) is 0 Å². The average Bonchev–Trinajstić information content (AvgIpc) is 2.55. The fourth-order valence-electron chi connectivity index (χ4n) is 3.64. The first-order chi connectivity index (χ1) is 10.9. The van der Waals surface area contributed by atoms with Crippen LogP contribution in [0.4, 0.5) is 0 Å². The predicted octanol–water partition coefficient (Wildman–Crippen LogP) is 2.94. The number of piperidine rings is 1. The van der Waals surface area contributed by atoms with Crippen LogP contribution in [-0.2, 0) is 0 Å². The summed E-state index contributed by atoms with van der Waals surface area (Å²) in [6, 6.07) is 5.72. The zero-order valence-electron chi connectivity index (χ0n) is 14.1. The molecule has 1 aromatic carbocycles. The molecule has 5 heteroatoms. The quantitative estimate of drug-likeness (QED) is 0.500. The molecule has 126 valence electrons. The minimum atomic E-state index is -0.628. The van der Waals surface area contributed by atoms with Crippen LogP contribution in [0, 0.1) is 0 Å². The number of likely N-dealkylation sites (tertiary alicyclic amines) is 1. The van der Waals surface area contributed by atoms with Crippen LogP contribution in [0.3, 0.4) is 0 Å². The van der Waals surface area contributed by atoms with Crippen molar-refractivity contribution >= 4 is 5.71 Å². The lowest BCUT2D eigenvalue weighted by molar-refractivity contribution is -0.0961. The van der Waals surface area contributed by atoms with Crippen molar-refractivity contribution in [1.82, 2.24) is 4.90 Å². The normalized spacial score (nSPS) is 28.1. The van der Waals surface area contributed by atoms with Gasteiger partial charge in [-0.1, -0.05) is 11.6 Å². The van der Waals surface area contributed by atoms with E-state index in [9.17, 15) is 5.11 Å². The van der Waals surface area contributed by atoms with Gasteiger partial charge in [0.2, 0.25) is 0 Å². The summed E-state index contributed by atoms with van der Waals surface area (Å²) in [5, 5.41) is 23.3. The summed E-state index contributed by atoms with van der Waals surface area (Å²) < 4.78 is 6.04. The molecule has 2 atom stereocenters. The number of ether oxygens (including phenoxy) is 1. The molecule has 2 unspecified atom stereocenters. The highest BCUT2D eigenvalue weighted by atomic mass is 16.5. The molecular formula is C18H26N2O3. The van der Waals surface area contributed by atoms with Gasteiger partial charge >= 0.3 is 0 Å². The standard InChI is InChI=1S/C18H26N2O3/c1-12(19-22)13-7-8-15-14(11-13)16(17(21)18(2,3)23-15)20-9-5-4-6-10-20/h7-8,11,16-17,21-22H,4-6,9-10H2,1-3H3. The fraction of sp³-hybridized carbons (Fsp3) is 0.611. The van der Waals surface area contributed by atoms with Gasteiger partial charge in [0.1, 0.15) is 17.5 Å². The van der Waals surface area contributed by atoms with Gasteiger partial charge in [0.05, 0.1) is 11.8 Å². The molecule has 0 spiro atoms. The fourth-order valence-corrected chi connectivity index (χ4v) is 3.64. The van der Waals surface area contributed by atoms with E-state index in [-0.39, 0.29) is 6.04 Å². The highest BCUT2D eigenvalue weighted by Crippen LogP contribution is 2.44. The van der Waals surface area contributed by atoms with E-state index in [1.807, 2.05) is 32.0 Å². The van der Waals surface area contributed by atoms with Crippen molar-refractivity contribution in [2.45, 2.75) is 57.8 Å². The lowest BCUT2D eigenvalue weighted by atomic mass is 9.84. The first-order valence-corrected chi connectivity index (χ1v) is 8.38. The summed E-state index contributed by atoms with van der Waals surface area (Å²) >= 11 is 0. The third-order valence-electron chi connectivity index (χ3n) is 5.06. The van der Waals surface area contributed by atoms with E-state index in [0.29, 0.717) is 5.71 Å². The molecule has 2 aliphatic rings. The van der Waals surface area contributed by atoms with Crippen molar-refractivity contribution in [3.63, 3.8) is 0 Å². The second-order valence-electron chi connectivity index (χ2n) is 7.13. The molecular weight excluding hydrogens is 292 g/mol. The van der Waals surface area contributed by atoms with Crippen LogP contribution < -0.4 is 4.74 Å². The highest BCUT2D eigenvalue weighted by Gasteiger charge is 2.45. The molecule has 1 fully saturated rings. The Kier molecular flexibility index (Phi) is 4.34. The molecule has 0 radical (unpaired) electrons. The van der Waals surface area contributed by atoms with Crippen LogP contribution in [0.25, 0.3) is 0 Å². The van der Waals surface area contributed by atoms with E-state index in [4.69, 9.17) is 9.94 Å². The molecule has 0 saturated carbocycles. The van der Waals surface area contributed by atoms with Crippen molar-refractivity contribution in [3.8, 4) is 5.75 Å². The average molecular weight is 318 g/mol. The van der Waals surface area contributed by atoms with Crippen molar-refractivity contribution in [2.24, 2.45) is 5.16 Å². The van der Waals surface area contributed by atoms with Gasteiger partial charge in [0.25, 0.3) is 0 Å². The van der Waals surface area contributed by atoms with Crippen molar-refractivity contribution in [2.75, 3.05) is 13.1 Å². The molecule has 0 amide bonds. The first-order valence-electron chi connectivity index (χ1n) is 8.38. The third kappa shape index (κ3) is 2.95. The molecule has 0 bridgehead atoms. The summed E-state index contributed by atoms with van der Waals surface area (Å²) in [4.78, 5) is 2.37. The topological polar surface area (TPSA) is 65.3 Å². The number of hydrogen-bond donors (Lipinski definition) is 2. The smallest absolute Gasteiger partial charge is 0.131 e. The monoisotopic (exact) mass is 318 g/mol. The maximum atomic E-state index is 10.9. The van der Waals surface area contributed by atoms with E-state index in [1.165, 1.54) is 6.42 Å². The molecule has 23 heavy (non-hydrogen) atoms. The number of benzene rings is 1. The molecule has 2 N–H and O–H groups in total. The summed E-state index contributed by atoms with van der Waals surface area (Å²) in [6.45, 7) is 7.63. The SMILES string of the molecule is CC(=NO)c1ccc2c(c1)C(N1CCCCC1)C(O)C(C)(C)O2. The van der Waals surface area contributed by atoms with E-state index >= 15 is 0 Å². The van der Waals surface area contributed by atoms with E-state index in [1.54, 1.807) is 6.92 Å². The minimum Gasteiger partial charge on any atom is -0.485 e. The maximum absolute atomic E-state index is 10.9. The van der Waals surface area contributed by atoms with Crippen LogP contribution in [0.5, 0.6) is 5.75 Å². The van der Waals surface area contributed by atoms with Gasteiger partial charge in [-0.25, -0.2) is 0 Å². The molecule has 0 aromatic heterocycles. The predicted molar refractivity (Wildman–Crippen MR) is 89.3 cm³/mol. The number of aliphatic hydroxyl groups is 1. The van der Waals surface area contributed by atoms with E-state index in [2.05, 4.69) is 10.1 Å². The lowest BCUT2D eigenvalue weighted by Crippen LogP contribution is -2.54. The zero-order chi connectivity index (χ0) is 16.6. The Morgan fingerprint density at radius 1 is 1.26 bits per heavy atom. The second-order valence-corrected chi connectivity index (χ2v) is 7.13. The van der Waals surface area contributed by atoms with Gasteiger partial charge in [-0.05, 0) is 70.5 Å². The number of nitrogens with zero attached hydrogens (tertiary/aromatic N) is 2. The van der Waals surface area contributed by atoms with Gasteiger partial charge in [-0.2, -0.15) is 0 Å². The third-order valence-corrected chi connectivity index (χ3v) is 5.06. The summed E-state index contributed by atoms with van der Waals surface area (Å²) in [6.07, 6.45) is 2.98. The first kappa shape index (κ1) is 16.3. The van der Waals surface area contributed by atoms with Gasteiger partial charge in [0.15, 0.2) is 0 Å². The van der Waals surface area contributed by atoms with Crippen LogP contribution in [-0.4, -0.2) is 45.7 Å². The number of hydrogen-bond acceptors (Lipinski definition) is 5. The van der Waals surface area contributed by atoms with Crippen molar-refractivity contribution in [3.05, 3.63) is 29.3 Å². The maximum Gasteiger partial charge on any atom is 0.131 e. The Bertz CT molecular complexity index is 606. The second kappa shape index (κ2) is 6.13. The largest absolute Gasteiger partial charge is 0.485 e. The van der Waals surface area contributed by atoms with Crippen LogP contribution >= 0.6 is 0 Å². The Hall–Kier alpha value is -1.59. The highest BCUT2D eigenvalue weighted by molar-refractivity contribution is 5.98. The molecule has 2 aliphatic heterocycles. The number of oxime groups is 1. The summed E-state index contributed by atoms with van der Waals surface area (Å²) in [7, 11) is 0. The Morgan fingerprint density at radius 2 is 1.96 bits per heavy atom. The molecule has 0 aliphatic carbocycles. The lowest BCUT2D eigenvalue weighted by Gasteiger charge is -2.47. The van der Waals surface area contributed by atoms with Gasteiger partial charge in [0, 0.05) is 5.56 Å². The minimum absolute atomic E-state index is 0.0829. The Balaban J connectivity index is 2.06. The summed E-state index contributed by atoms with van der Waals surface area (Å²) in [5.41, 5.74) is 1.77. The number of fused-ring (bicyclic) bond motifs is 1. The van der Waals surface area contributed by atoms with Gasteiger partial charge in [-0.3, -0.25) is 4.90 Å². The molecule has 1 saturated heterocycles. The number of aliphatic hydroxyl groups excluding tert-OH is 1. The molecule has 3 rings (SSSR count). The van der Waals surface area contributed by atoms with Gasteiger partial charge < -0.3 is 15.1 Å². The summed E-state index contributed by atoms with van der Waals surface area (Å²) in [5.74, 6) is 0.811. The van der Waals surface area contributed by atoms with Gasteiger partial charge in [-0.15, -0.1) is 0 Å². The van der Waals surface area contributed by atoms with Crippen LogP contribution in [0.15, 0.2) is 23.4 Å². The van der Waals surface area contributed by atoms with Crippen LogP contribution in [0.2, 0.25) is 0 Å². The molecule has 2 heterocycles. The number of rotatable bonds is 2.